The normalized spacial score (nSPS) is 11.4. The Morgan fingerprint density at radius 1 is 1.24 bits per heavy atom. The number of nitrogens with one attached hydrogen (secondary N) is 1. The second-order valence-electron chi connectivity index (χ2n) is 4.49. The molecule has 7 heteroatoms. The van der Waals surface area contributed by atoms with Crippen LogP contribution in [0.15, 0.2) is 45.8 Å². The van der Waals surface area contributed by atoms with Crippen molar-refractivity contribution in [3.05, 3.63) is 57.8 Å². The fraction of sp³-hybridized carbons (Fsp3) is 0.143. The Kier molecular flexibility index (Phi) is 4.65. The predicted octanol–water partition coefficient (Wildman–Crippen LogP) is 3.19. The molecule has 0 heterocycles. The van der Waals surface area contributed by atoms with Crippen molar-refractivity contribution < 1.29 is 17.9 Å². The van der Waals surface area contributed by atoms with Gasteiger partial charge in [0.15, 0.2) is 0 Å². The molecule has 0 saturated carbocycles. The second-order valence-corrected chi connectivity index (χ2v) is 6.99. The highest BCUT2D eigenvalue weighted by molar-refractivity contribution is 9.10. The number of aryl methyl sites for hydroxylation is 1. The van der Waals surface area contributed by atoms with E-state index in [1.54, 1.807) is 19.1 Å². The van der Waals surface area contributed by atoms with Gasteiger partial charge >= 0.3 is 0 Å². The number of hydrogen-bond acceptors (Lipinski definition) is 3. The Bertz CT molecular complexity index is 778. The quantitative estimate of drug-likeness (QED) is 0.864. The highest BCUT2D eigenvalue weighted by atomic mass is 79.9. The van der Waals surface area contributed by atoms with E-state index in [4.69, 9.17) is 5.11 Å². The van der Waals surface area contributed by atoms with Crippen LogP contribution in [-0.4, -0.2) is 13.5 Å². The van der Waals surface area contributed by atoms with Gasteiger partial charge < -0.3 is 5.11 Å². The molecule has 0 aliphatic heterocycles. The minimum atomic E-state index is -3.89. The summed E-state index contributed by atoms with van der Waals surface area (Å²) in [6.45, 7) is 1.41. The fourth-order valence-electron chi connectivity index (χ4n) is 1.76. The molecule has 0 aromatic heterocycles. The first kappa shape index (κ1) is 15.9. The minimum Gasteiger partial charge on any atom is -0.392 e. The van der Waals surface area contributed by atoms with E-state index >= 15 is 0 Å². The highest BCUT2D eigenvalue weighted by Crippen LogP contribution is 2.27. The van der Waals surface area contributed by atoms with Gasteiger partial charge in [0.2, 0.25) is 0 Å². The summed E-state index contributed by atoms with van der Waals surface area (Å²) in [6.07, 6.45) is 0. The number of halogens is 2. The number of sulfonamides is 1. The fourth-order valence-corrected chi connectivity index (χ4v) is 3.89. The van der Waals surface area contributed by atoms with Crippen LogP contribution in [0.4, 0.5) is 10.1 Å². The van der Waals surface area contributed by atoms with E-state index in [-0.39, 0.29) is 17.2 Å². The molecule has 2 rings (SSSR count). The molecule has 0 spiro atoms. The second kappa shape index (κ2) is 6.13. The molecule has 4 nitrogen and oxygen atoms in total. The highest BCUT2D eigenvalue weighted by Gasteiger charge is 2.19. The van der Waals surface area contributed by atoms with Crippen molar-refractivity contribution >= 4 is 31.6 Å². The molecule has 0 amide bonds. The zero-order chi connectivity index (χ0) is 15.6. The van der Waals surface area contributed by atoms with E-state index in [1.807, 2.05) is 0 Å². The van der Waals surface area contributed by atoms with Gasteiger partial charge in [0.25, 0.3) is 10.0 Å². The molecular formula is C14H13BrFNO3S. The van der Waals surface area contributed by atoms with Crippen LogP contribution in [0.1, 0.15) is 11.1 Å². The zero-order valence-electron chi connectivity index (χ0n) is 11.1. The average Bonchev–Trinajstić information content (AvgIpc) is 2.43. The predicted molar refractivity (Wildman–Crippen MR) is 82.0 cm³/mol. The standard InChI is InChI=1S/C14H13BrFNO3S/c1-9-2-4-11(16)7-13(9)17-21(19,20)14-6-10(8-18)3-5-12(14)15/h2-7,17-18H,8H2,1H3. The lowest BCUT2D eigenvalue weighted by Gasteiger charge is -2.12. The summed E-state index contributed by atoms with van der Waals surface area (Å²) in [5.41, 5.74) is 1.25. The summed E-state index contributed by atoms with van der Waals surface area (Å²) in [5.74, 6) is -0.526. The number of anilines is 1. The third kappa shape index (κ3) is 3.61. The molecule has 0 fully saturated rings. The van der Waals surface area contributed by atoms with Crippen molar-refractivity contribution in [2.45, 2.75) is 18.4 Å². The molecule has 0 radical (unpaired) electrons. The molecule has 21 heavy (non-hydrogen) atoms. The van der Waals surface area contributed by atoms with Crippen molar-refractivity contribution in [2.75, 3.05) is 4.72 Å². The van der Waals surface area contributed by atoms with Gasteiger partial charge in [-0.2, -0.15) is 0 Å². The molecular weight excluding hydrogens is 361 g/mol. The van der Waals surface area contributed by atoms with Gasteiger partial charge in [0.05, 0.1) is 12.3 Å². The van der Waals surface area contributed by atoms with Crippen LogP contribution in [0, 0.1) is 12.7 Å². The largest absolute Gasteiger partial charge is 0.392 e. The third-order valence-corrected chi connectivity index (χ3v) is 5.27. The minimum absolute atomic E-state index is 0.0160. The molecule has 2 aromatic rings. The maximum absolute atomic E-state index is 13.2. The van der Waals surface area contributed by atoms with Gasteiger partial charge in [-0.05, 0) is 58.2 Å². The monoisotopic (exact) mass is 373 g/mol. The van der Waals surface area contributed by atoms with Crippen LogP contribution >= 0.6 is 15.9 Å². The first-order chi connectivity index (χ1) is 9.83. The molecule has 0 aliphatic carbocycles. The van der Waals surface area contributed by atoms with Crippen LogP contribution in [-0.2, 0) is 16.6 Å². The van der Waals surface area contributed by atoms with Gasteiger partial charge in [-0.3, -0.25) is 4.72 Å². The van der Waals surface area contributed by atoms with Crippen molar-refractivity contribution in [1.82, 2.24) is 0 Å². The lowest BCUT2D eigenvalue weighted by molar-refractivity contribution is 0.281. The van der Waals surface area contributed by atoms with Crippen molar-refractivity contribution in [3.8, 4) is 0 Å². The van der Waals surface area contributed by atoms with Crippen LogP contribution < -0.4 is 4.72 Å². The Labute approximate surface area is 130 Å². The molecule has 0 bridgehead atoms. The van der Waals surface area contributed by atoms with Crippen molar-refractivity contribution in [3.63, 3.8) is 0 Å². The van der Waals surface area contributed by atoms with Gasteiger partial charge in [0.1, 0.15) is 10.7 Å². The van der Waals surface area contributed by atoms with Crippen LogP contribution in [0.3, 0.4) is 0 Å². The van der Waals surface area contributed by atoms with Crippen LogP contribution in [0.2, 0.25) is 0 Å². The van der Waals surface area contributed by atoms with Crippen LogP contribution in [0.25, 0.3) is 0 Å². The SMILES string of the molecule is Cc1ccc(F)cc1NS(=O)(=O)c1cc(CO)ccc1Br. The van der Waals surface area contributed by atoms with Gasteiger partial charge in [-0.25, -0.2) is 12.8 Å². The molecule has 0 atom stereocenters. The summed E-state index contributed by atoms with van der Waals surface area (Å²) in [4.78, 5) is -0.0160. The first-order valence-corrected chi connectivity index (χ1v) is 8.29. The van der Waals surface area contributed by atoms with E-state index in [1.165, 1.54) is 18.2 Å². The average molecular weight is 374 g/mol. The zero-order valence-corrected chi connectivity index (χ0v) is 13.5. The topological polar surface area (TPSA) is 66.4 Å². The Hall–Kier alpha value is -1.44. The van der Waals surface area contributed by atoms with Crippen molar-refractivity contribution in [1.29, 1.82) is 0 Å². The van der Waals surface area contributed by atoms with E-state index in [0.29, 0.717) is 15.6 Å². The van der Waals surface area contributed by atoms with Gasteiger partial charge in [-0.15, -0.1) is 0 Å². The lowest BCUT2D eigenvalue weighted by Crippen LogP contribution is -2.15. The Morgan fingerprint density at radius 2 is 1.95 bits per heavy atom. The van der Waals surface area contributed by atoms with E-state index in [2.05, 4.69) is 20.7 Å². The number of hydrogen-bond donors (Lipinski definition) is 2. The van der Waals surface area contributed by atoms with E-state index < -0.39 is 15.8 Å². The summed E-state index contributed by atoms with van der Waals surface area (Å²) in [7, 11) is -3.89. The summed E-state index contributed by atoms with van der Waals surface area (Å²) < 4.78 is 40.8. The first-order valence-electron chi connectivity index (χ1n) is 6.02. The number of aliphatic hydroxyl groups is 1. The molecule has 2 N–H and O–H groups in total. The Balaban J connectivity index is 2.45. The Morgan fingerprint density at radius 3 is 2.62 bits per heavy atom. The maximum Gasteiger partial charge on any atom is 0.263 e. The summed E-state index contributed by atoms with van der Waals surface area (Å²) in [5, 5.41) is 9.11. The number of benzene rings is 2. The third-order valence-electron chi connectivity index (χ3n) is 2.91. The van der Waals surface area contributed by atoms with Crippen LogP contribution in [0.5, 0.6) is 0 Å². The van der Waals surface area contributed by atoms with Gasteiger partial charge in [0, 0.05) is 4.47 Å². The van der Waals surface area contributed by atoms with Crippen molar-refractivity contribution in [2.24, 2.45) is 0 Å². The number of rotatable bonds is 4. The molecule has 0 saturated heterocycles. The smallest absolute Gasteiger partial charge is 0.263 e. The molecule has 2 aromatic carbocycles. The number of aliphatic hydroxyl groups excluding tert-OH is 1. The summed E-state index contributed by atoms with van der Waals surface area (Å²) in [6, 6.07) is 8.38. The summed E-state index contributed by atoms with van der Waals surface area (Å²) >= 11 is 3.17. The molecule has 0 unspecified atom stereocenters. The maximum atomic E-state index is 13.2. The lowest BCUT2D eigenvalue weighted by atomic mass is 10.2. The molecule has 112 valence electrons. The molecule has 0 aliphatic rings. The van der Waals surface area contributed by atoms with E-state index in [0.717, 1.165) is 6.07 Å². The van der Waals surface area contributed by atoms with Gasteiger partial charge in [-0.1, -0.05) is 12.1 Å². The van der Waals surface area contributed by atoms with E-state index in [9.17, 15) is 12.8 Å².